The average Bonchev–Trinajstić information content (AvgIpc) is 2.98. The number of amides is 1. The van der Waals surface area contributed by atoms with Crippen LogP contribution < -0.4 is 0 Å². The summed E-state index contributed by atoms with van der Waals surface area (Å²) in [6.45, 7) is 0.392. The first-order chi connectivity index (χ1) is 14.8. The minimum atomic E-state index is -1.55. The van der Waals surface area contributed by atoms with Crippen LogP contribution in [0, 0.1) is 17.5 Å². The van der Waals surface area contributed by atoms with Gasteiger partial charge in [-0.05, 0) is 43.2 Å². The topological polar surface area (TPSA) is 70.5 Å². The zero-order valence-corrected chi connectivity index (χ0v) is 17.7. The number of aromatic nitrogens is 1. The van der Waals surface area contributed by atoms with Crippen LogP contribution in [0.1, 0.15) is 31.4 Å². The Morgan fingerprint density at radius 2 is 1.87 bits per heavy atom. The van der Waals surface area contributed by atoms with Crippen LogP contribution in [0.15, 0.2) is 35.2 Å². The van der Waals surface area contributed by atoms with Gasteiger partial charge in [0.15, 0.2) is 17.5 Å². The van der Waals surface area contributed by atoms with Gasteiger partial charge in [0, 0.05) is 18.5 Å². The van der Waals surface area contributed by atoms with E-state index >= 15 is 0 Å². The van der Waals surface area contributed by atoms with Crippen LogP contribution >= 0.6 is 24.0 Å². The first kappa shape index (κ1) is 23.0. The maximum Gasteiger partial charge on any atom is 0.303 e. The number of carboxylic acid groups (broad SMARTS) is 1. The lowest BCUT2D eigenvalue weighted by molar-refractivity contribution is -0.137. The number of unbranched alkanes of at least 4 members (excludes halogenated alkanes) is 2. The number of thioether (sulfide) groups is 1. The number of rotatable bonds is 8. The molecule has 2 aromatic rings. The lowest BCUT2D eigenvalue weighted by atomic mass is 10.1. The Balaban J connectivity index is 1.72. The van der Waals surface area contributed by atoms with Crippen molar-refractivity contribution in [3.63, 3.8) is 0 Å². The molecule has 0 aliphatic carbocycles. The molecule has 1 aromatic heterocycles. The van der Waals surface area contributed by atoms with Crippen molar-refractivity contribution in [2.75, 3.05) is 6.54 Å². The molecule has 0 radical (unpaired) electrons. The monoisotopic (exact) mass is 466 g/mol. The van der Waals surface area contributed by atoms with E-state index in [2.05, 4.69) is 4.98 Å². The summed E-state index contributed by atoms with van der Waals surface area (Å²) in [7, 11) is 0. The van der Waals surface area contributed by atoms with E-state index in [-0.39, 0.29) is 23.6 Å². The number of carbonyl (C=O) groups is 2. The number of carbonyl (C=O) groups excluding carboxylic acids is 1. The molecule has 0 saturated carbocycles. The lowest BCUT2D eigenvalue weighted by Crippen LogP contribution is -2.29. The molecule has 0 bridgehead atoms. The molecule has 1 aliphatic heterocycles. The number of halogens is 3. The first-order valence-corrected chi connectivity index (χ1v) is 10.6. The van der Waals surface area contributed by atoms with E-state index in [4.69, 9.17) is 17.3 Å². The second-order valence-electron chi connectivity index (χ2n) is 6.74. The van der Waals surface area contributed by atoms with Crippen molar-refractivity contribution in [3.8, 4) is 11.3 Å². The smallest absolute Gasteiger partial charge is 0.303 e. The van der Waals surface area contributed by atoms with Gasteiger partial charge in [0.05, 0.1) is 16.3 Å². The minimum absolute atomic E-state index is 0.0700. The van der Waals surface area contributed by atoms with Gasteiger partial charge in [0.1, 0.15) is 4.32 Å². The summed E-state index contributed by atoms with van der Waals surface area (Å²) >= 11 is 6.39. The Labute approximate surface area is 186 Å². The minimum Gasteiger partial charge on any atom is -0.481 e. The van der Waals surface area contributed by atoms with E-state index in [9.17, 15) is 22.8 Å². The summed E-state index contributed by atoms with van der Waals surface area (Å²) in [5.41, 5.74) is 0.672. The maximum absolute atomic E-state index is 13.5. The summed E-state index contributed by atoms with van der Waals surface area (Å²) < 4.78 is 40.7. The van der Waals surface area contributed by atoms with Crippen LogP contribution in [0.3, 0.4) is 0 Å². The number of aliphatic carboxylic acids is 1. The molecule has 10 heteroatoms. The van der Waals surface area contributed by atoms with Crippen molar-refractivity contribution in [1.82, 2.24) is 9.88 Å². The van der Waals surface area contributed by atoms with Crippen molar-refractivity contribution in [2.24, 2.45) is 0 Å². The predicted octanol–water partition coefficient (Wildman–Crippen LogP) is 5.01. The van der Waals surface area contributed by atoms with Gasteiger partial charge < -0.3 is 5.11 Å². The van der Waals surface area contributed by atoms with E-state index in [1.807, 2.05) is 0 Å². The van der Waals surface area contributed by atoms with Gasteiger partial charge in [-0.2, -0.15) is 0 Å². The Bertz CT molecular complexity index is 1050. The third-order valence-electron chi connectivity index (χ3n) is 4.48. The standard InChI is InChI=1S/C21H17F3N2O3S2/c22-14-9-12(10-15(23)19(14)24)16-6-4-5-13(25-16)11-17-20(29)26(21(30)31-17)8-3-1-2-7-18(27)28/h4-6,9-11H,1-3,7-8H2,(H,27,28). The highest BCUT2D eigenvalue weighted by molar-refractivity contribution is 8.26. The fraction of sp³-hybridized carbons (Fsp3) is 0.238. The van der Waals surface area contributed by atoms with Crippen LogP contribution in [-0.2, 0) is 9.59 Å². The summed E-state index contributed by atoms with van der Waals surface area (Å²) in [5.74, 6) is -5.31. The number of thiocarbonyl (C=S) groups is 1. The molecule has 3 rings (SSSR count). The van der Waals surface area contributed by atoms with E-state index in [0.717, 1.165) is 23.9 Å². The molecule has 0 spiro atoms. The average molecular weight is 467 g/mol. The van der Waals surface area contributed by atoms with Crippen molar-refractivity contribution in [2.45, 2.75) is 25.7 Å². The first-order valence-electron chi connectivity index (χ1n) is 9.35. The summed E-state index contributed by atoms with van der Waals surface area (Å²) in [4.78, 5) is 29.3. The fourth-order valence-electron chi connectivity index (χ4n) is 2.95. The summed E-state index contributed by atoms with van der Waals surface area (Å²) in [5, 5.41) is 8.66. The second kappa shape index (κ2) is 10.1. The molecule has 1 fully saturated rings. The normalized spacial score (nSPS) is 15.2. The van der Waals surface area contributed by atoms with Gasteiger partial charge in [-0.3, -0.25) is 14.5 Å². The maximum atomic E-state index is 13.5. The Kier molecular flexibility index (Phi) is 7.45. The van der Waals surface area contributed by atoms with Gasteiger partial charge in [-0.15, -0.1) is 0 Å². The SMILES string of the molecule is O=C(O)CCCCCN1C(=O)C(=Cc2cccc(-c3cc(F)c(F)c(F)c3)n2)SC1=S. The predicted molar refractivity (Wildman–Crippen MR) is 116 cm³/mol. The Morgan fingerprint density at radius 1 is 1.16 bits per heavy atom. The number of nitrogens with zero attached hydrogens (tertiary/aromatic N) is 2. The molecular weight excluding hydrogens is 449 g/mol. The largest absolute Gasteiger partial charge is 0.481 e. The van der Waals surface area contributed by atoms with E-state index in [0.29, 0.717) is 40.7 Å². The lowest BCUT2D eigenvalue weighted by Gasteiger charge is -2.13. The number of benzene rings is 1. The van der Waals surface area contributed by atoms with Gasteiger partial charge in [0.25, 0.3) is 5.91 Å². The number of carboxylic acids is 1. The van der Waals surface area contributed by atoms with Crippen LogP contribution in [0.2, 0.25) is 0 Å². The molecule has 1 aliphatic rings. The van der Waals surface area contributed by atoms with Crippen molar-refractivity contribution >= 4 is 46.3 Å². The fourth-order valence-corrected chi connectivity index (χ4v) is 4.24. The number of hydrogen-bond donors (Lipinski definition) is 1. The Hall–Kier alpha value is -2.72. The molecule has 5 nitrogen and oxygen atoms in total. The molecule has 1 amide bonds. The van der Waals surface area contributed by atoms with Crippen molar-refractivity contribution in [3.05, 3.63) is 58.4 Å². The molecule has 162 valence electrons. The molecule has 0 unspecified atom stereocenters. The highest BCUT2D eigenvalue weighted by Crippen LogP contribution is 2.33. The molecule has 1 aromatic carbocycles. The van der Waals surface area contributed by atoms with Crippen LogP contribution in [0.25, 0.3) is 17.3 Å². The highest BCUT2D eigenvalue weighted by atomic mass is 32.2. The van der Waals surface area contributed by atoms with E-state index in [1.54, 1.807) is 12.1 Å². The van der Waals surface area contributed by atoms with E-state index < -0.39 is 23.4 Å². The Morgan fingerprint density at radius 3 is 2.55 bits per heavy atom. The molecule has 1 N–H and O–H groups in total. The quantitative estimate of drug-likeness (QED) is 0.255. The number of pyridine rings is 1. The highest BCUT2D eigenvalue weighted by Gasteiger charge is 2.31. The van der Waals surface area contributed by atoms with Crippen LogP contribution in [-0.4, -0.2) is 37.7 Å². The van der Waals surface area contributed by atoms with E-state index in [1.165, 1.54) is 17.0 Å². The second-order valence-corrected chi connectivity index (χ2v) is 8.42. The van der Waals surface area contributed by atoms with Gasteiger partial charge in [-0.1, -0.05) is 36.5 Å². The third kappa shape index (κ3) is 5.71. The molecule has 0 atom stereocenters. The summed E-state index contributed by atoms with van der Waals surface area (Å²) in [6.07, 6.45) is 3.44. The van der Waals surface area contributed by atoms with Crippen molar-refractivity contribution in [1.29, 1.82) is 0 Å². The van der Waals surface area contributed by atoms with Crippen LogP contribution in [0.4, 0.5) is 13.2 Å². The molecule has 31 heavy (non-hydrogen) atoms. The third-order valence-corrected chi connectivity index (χ3v) is 5.85. The van der Waals surface area contributed by atoms with Crippen LogP contribution in [0.5, 0.6) is 0 Å². The summed E-state index contributed by atoms with van der Waals surface area (Å²) in [6, 6.07) is 6.46. The number of hydrogen-bond acceptors (Lipinski definition) is 5. The van der Waals surface area contributed by atoms with Gasteiger partial charge >= 0.3 is 5.97 Å². The van der Waals surface area contributed by atoms with Gasteiger partial charge in [-0.25, -0.2) is 18.2 Å². The molecular formula is C21H17F3N2O3S2. The van der Waals surface area contributed by atoms with Gasteiger partial charge in [0.2, 0.25) is 0 Å². The molecule has 2 heterocycles. The molecule has 1 saturated heterocycles. The van der Waals surface area contributed by atoms with Crippen molar-refractivity contribution < 1.29 is 27.9 Å². The zero-order chi connectivity index (χ0) is 22.5. The zero-order valence-electron chi connectivity index (χ0n) is 16.1.